The van der Waals surface area contributed by atoms with Gasteiger partial charge in [-0.05, 0) is 39.2 Å². The summed E-state index contributed by atoms with van der Waals surface area (Å²) in [6, 6.07) is 0.773. The van der Waals surface area contributed by atoms with Crippen molar-refractivity contribution in [2.75, 3.05) is 12.3 Å². The normalized spacial score (nSPS) is 32.6. The fraction of sp³-hybridized carbons (Fsp3) is 1.00. The summed E-state index contributed by atoms with van der Waals surface area (Å²) in [7, 11) is 0. The third-order valence-corrected chi connectivity index (χ3v) is 5.37. The number of hydrogen-bond acceptors (Lipinski definition) is 2. The van der Waals surface area contributed by atoms with Gasteiger partial charge in [0.1, 0.15) is 0 Å². The fourth-order valence-electron chi connectivity index (χ4n) is 2.50. The number of nitrogens with one attached hydrogen (secondary N) is 1. The van der Waals surface area contributed by atoms with Gasteiger partial charge < -0.3 is 5.32 Å². The Morgan fingerprint density at radius 3 is 2.43 bits per heavy atom. The largest absolute Gasteiger partial charge is 0.312 e. The number of hydrogen-bond donors (Lipinski definition) is 1. The summed E-state index contributed by atoms with van der Waals surface area (Å²) in [5.74, 6) is 2.30. The molecule has 1 aliphatic heterocycles. The van der Waals surface area contributed by atoms with E-state index in [2.05, 4.69) is 30.9 Å². The molecule has 2 aliphatic rings. The second-order valence-electron chi connectivity index (χ2n) is 5.38. The lowest BCUT2D eigenvalue weighted by Gasteiger charge is -2.45. The molecule has 1 saturated heterocycles. The van der Waals surface area contributed by atoms with Crippen molar-refractivity contribution in [2.24, 2.45) is 5.92 Å². The molecular weight excluding hydrogens is 190 g/mol. The fourth-order valence-corrected chi connectivity index (χ4v) is 3.71. The molecule has 1 aliphatic carbocycles. The van der Waals surface area contributed by atoms with Gasteiger partial charge in [0.15, 0.2) is 0 Å². The lowest BCUT2D eigenvalue weighted by Crippen LogP contribution is -2.55. The van der Waals surface area contributed by atoms with Gasteiger partial charge in [-0.25, -0.2) is 0 Å². The molecule has 1 atom stereocenters. The van der Waals surface area contributed by atoms with Crippen LogP contribution in [0.5, 0.6) is 0 Å². The van der Waals surface area contributed by atoms with Gasteiger partial charge >= 0.3 is 0 Å². The predicted octanol–water partition coefficient (Wildman–Crippen LogP) is 3.05. The first-order valence-electron chi connectivity index (χ1n) is 6.06. The Bertz CT molecular complexity index is 185. The molecule has 2 rings (SSSR count). The van der Waals surface area contributed by atoms with Gasteiger partial charge in [0.05, 0.1) is 0 Å². The van der Waals surface area contributed by atoms with E-state index in [-0.39, 0.29) is 0 Å². The Labute approximate surface area is 92.4 Å². The molecule has 1 nitrogen and oxygen atoms in total. The molecule has 1 heterocycles. The van der Waals surface area contributed by atoms with Crippen molar-refractivity contribution in [1.82, 2.24) is 5.32 Å². The first-order valence-corrected chi connectivity index (χ1v) is 7.04. The molecule has 82 valence electrons. The Morgan fingerprint density at radius 1 is 1.21 bits per heavy atom. The van der Waals surface area contributed by atoms with Gasteiger partial charge in [-0.15, -0.1) is 0 Å². The van der Waals surface area contributed by atoms with E-state index in [0.29, 0.717) is 4.75 Å². The minimum Gasteiger partial charge on any atom is -0.312 e. The zero-order valence-electron chi connectivity index (χ0n) is 9.51. The van der Waals surface area contributed by atoms with Crippen molar-refractivity contribution >= 4 is 11.8 Å². The van der Waals surface area contributed by atoms with Crippen LogP contribution in [-0.4, -0.2) is 23.1 Å². The zero-order valence-corrected chi connectivity index (χ0v) is 10.3. The monoisotopic (exact) mass is 213 g/mol. The molecule has 0 aromatic rings. The average Bonchev–Trinajstić information content (AvgIpc) is 2.18. The number of thioether (sulfide) groups is 1. The van der Waals surface area contributed by atoms with E-state index < -0.39 is 0 Å². The topological polar surface area (TPSA) is 12.0 Å². The van der Waals surface area contributed by atoms with Gasteiger partial charge in [-0.1, -0.05) is 19.3 Å². The van der Waals surface area contributed by atoms with E-state index in [0.717, 1.165) is 12.0 Å². The minimum absolute atomic E-state index is 0.495. The van der Waals surface area contributed by atoms with Crippen molar-refractivity contribution in [3.05, 3.63) is 0 Å². The Kier molecular flexibility index (Phi) is 3.43. The second kappa shape index (κ2) is 4.44. The van der Waals surface area contributed by atoms with Gasteiger partial charge in [-0.3, -0.25) is 0 Å². The summed E-state index contributed by atoms with van der Waals surface area (Å²) in [6.45, 7) is 5.99. The van der Waals surface area contributed by atoms with Crippen molar-refractivity contribution in [2.45, 2.75) is 56.7 Å². The van der Waals surface area contributed by atoms with Crippen LogP contribution in [-0.2, 0) is 0 Å². The molecule has 0 radical (unpaired) electrons. The van der Waals surface area contributed by atoms with Crippen LogP contribution in [0.15, 0.2) is 0 Å². The van der Waals surface area contributed by atoms with E-state index >= 15 is 0 Å². The third-order valence-electron chi connectivity index (χ3n) is 3.84. The van der Waals surface area contributed by atoms with Gasteiger partial charge in [-0.2, -0.15) is 11.8 Å². The first-order chi connectivity index (χ1) is 6.68. The highest BCUT2D eigenvalue weighted by molar-refractivity contribution is 8.02. The summed E-state index contributed by atoms with van der Waals surface area (Å²) in [6.07, 6.45) is 7.34. The molecule has 0 bridgehead atoms. The molecule has 1 N–H and O–H groups in total. The highest BCUT2D eigenvalue weighted by Crippen LogP contribution is 2.40. The molecule has 14 heavy (non-hydrogen) atoms. The van der Waals surface area contributed by atoms with Crippen LogP contribution < -0.4 is 5.32 Å². The summed E-state index contributed by atoms with van der Waals surface area (Å²) in [4.78, 5) is 0. The standard InChI is InChI=1S/C12H23NS/c1-12(2)11(9-14-12)13-8-10-6-4-3-5-7-10/h10-11,13H,3-9H2,1-2H3. The summed E-state index contributed by atoms with van der Waals surface area (Å²) in [5.41, 5.74) is 0. The Morgan fingerprint density at radius 2 is 1.93 bits per heavy atom. The van der Waals surface area contributed by atoms with Crippen LogP contribution in [0.3, 0.4) is 0 Å². The van der Waals surface area contributed by atoms with E-state index in [1.807, 2.05) is 0 Å². The van der Waals surface area contributed by atoms with E-state index in [1.54, 1.807) is 0 Å². The van der Waals surface area contributed by atoms with Gasteiger partial charge in [0.2, 0.25) is 0 Å². The molecule has 2 fully saturated rings. The molecule has 2 heteroatoms. The Balaban J connectivity index is 1.66. The lowest BCUT2D eigenvalue weighted by atomic mass is 9.89. The lowest BCUT2D eigenvalue weighted by molar-refractivity contribution is 0.315. The second-order valence-corrected chi connectivity index (χ2v) is 7.05. The maximum atomic E-state index is 3.76. The average molecular weight is 213 g/mol. The maximum absolute atomic E-state index is 3.76. The van der Waals surface area contributed by atoms with Crippen LogP contribution in [0, 0.1) is 5.92 Å². The van der Waals surface area contributed by atoms with Crippen molar-refractivity contribution in [3.8, 4) is 0 Å². The van der Waals surface area contributed by atoms with Crippen molar-refractivity contribution in [3.63, 3.8) is 0 Å². The van der Waals surface area contributed by atoms with E-state index in [4.69, 9.17) is 0 Å². The quantitative estimate of drug-likeness (QED) is 0.773. The van der Waals surface area contributed by atoms with E-state index in [1.165, 1.54) is 44.4 Å². The van der Waals surface area contributed by atoms with Crippen molar-refractivity contribution < 1.29 is 0 Å². The summed E-state index contributed by atoms with van der Waals surface area (Å²) in [5, 5.41) is 3.76. The van der Waals surface area contributed by atoms with Crippen LogP contribution in [0.4, 0.5) is 0 Å². The van der Waals surface area contributed by atoms with Crippen LogP contribution >= 0.6 is 11.8 Å². The van der Waals surface area contributed by atoms with Crippen LogP contribution in [0.1, 0.15) is 46.0 Å². The molecule has 1 unspecified atom stereocenters. The van der Waals surface area contributed by atoms with Gasteiger partial charge in [0.25, 0.3) is 0 Å². The first kappa shape index (κ1) is 10.8. The SMILES string of the molecule is CC1(C)SCC1NCC1CCCCC1. The molecular formula is C12H23NS. The smallest absolute Gasteiger partial charge is 0.0300 e. The van der Waals surface area contributed by atoms with Crippen molar-refractivity contribution in [1.29, 1.82) is 0 Å². The molecule has 0 spiro atoms. The van der Waals surface area contributed by atoms with Crippen LogP contribution in [0.25, 0.3) is 0 Å². The maximum Gasteiger partial charge on any atom is 0.0300 e. The highest BCUT2D eigenvalue weighted by Gasteiger charge is 2.39. The van der Waals surface area contributed by atoms with Gasteiger partial charge in [0, 0.05) is 16.5 Å². The summed E-state index contributed by atoms with van der Waals surface area (Å²) >= 11 is 2.09. The number of rotatable bonds is 3. The molecule has 0 aromatic carbocycles. The molecule has 0 aromatic heterocycles. The van der Waals surface area contributed by atoms with E-state index in [9.17, 15) is 0 Å². The Hall–Kier alpha value is 0.310. The highest BCUT2D eigenvalue weighted by atomic mass is 32.2. The molecule has 1 saturated carbocycles. The minimum atomic E-state index is 0.495. The van der Waals surface area contributed by atoms with Crippen LogP contribution in [0.2, 0.25) is 0 Å². The molecule has 0 amide bonds. The predicted molar refractivity (Wildman–Crippen MR) is 64.9 cm³/mol. The third kappa shape index (κ3) is 2.46. The zero-order chi connectivity index (χ0) is 10.0. The summed E-state index contributed by atoms with van der Waals surface area (Å²) < 4.78 is 0.495.